The molecule has 3 unspecified atom stereocenters. The molecule has 0 aliphatic rings. The molecule has 0 aliphatic carbocycles. The largest absolute Gasteiger partial charge is 0.390 e. The molecular formula is C28H41N3O5S. The number of benzene rings is 2. The Labute approximate surface area is 221 Å². The highest BCUT2D eigenvalue weighted by Gasteiger charge is 2.38. The molecule has 0 saturated heterocycles. The molecule has 8 nitrogen and oxygen atoms in total. The van der Waals surface area contributed by atoms with E-state index >= 15 is 0 Å². The second-order valence-electron chi connectivity index (χ2n) is 10.5. The molecule has 3 atom stereocenters. The summed E-state index contributed by atoms with van der Waals surface area (Å²) in [6, 6.07) is 16.6. The molecule has 0 aliphatic heterocycles. The van der Waals surface area contributed by atoms with Crippen LogP contribution in [-0.2, 0) is 26.0 Å². The van der Waals surface area contributed by atoms with E-state index in [1.54, 1.807) is 39.0 Å². The molecule has 2 amide bonds. The zero-order valence-corrected chi connectivity index (χ0v) is 23.2. The molecule has 0 bridgehead atoms. The van der Waals surface area contributed by atoms with E-state index in [0.29, 0.717) is 6.42 Å². The molecule has 37 heavy (non-hydrogen) atoms. The molecule has 0 fully saturated rings. The van der Waals surface area contributed by atoms with Crippen molar-refractivity contribution in [2.24, 2.45) is 23.0 Å². The fraction of sp³-hybridized carbons (Fsp3) is 0.500. The molecular weight excluding hydrogens is 490 g/mol. The molecule has 0 aromatic heterocycles. The van der Waals surface area contributed by atoms with Gasteiger partial charge in [-0.3, -0.25) is 9.59 Å². The summed E-state index contributed by atoms with van der Waals surface area (Å²) in [4.78, 5) is 25.2. The van der Waals surface area contributed by atoms with Gasteiger partial charge in [0.05, 0.1) is 22.5 Å². The first-order valence-electron chi connectivity index (χ1n) is 12.6. The van der Waals surface area contributed by atoms with Crippen LogP contribution in [0.4, 0.5) is 0 Å². The molecule has 2 rings (SSSR count). The van der Waals surface area contributed by atoms with Crippen LogP contribution < -0.4 is 11.1 Å². The van der Waals surface area contributed by atoms with E-state index in [2.05, 4.69) is 5.32 Å². The van der Waals surface area contributed by atoms with Crippen LogP contribution in [0.15, 0.2) is 65.6 Å². The number of sulfonamides is 1. The van der Waals surface area contributed by atoms with Crippen LogP contribution in [0, 0.1) is 17.3 Å². The van der Waals surface area contributed by atoms with Crippen molar-refractivity contribution >= 4 is 21.8 Å². The summed E-state index contributed by atoms with van der Waals surface area (Å²) in [5, 5.41) is 14.2. The number of rotatable bonds is 14. The van der Waals surface area contributed by atoms with E-state index in [1.165, 1.54) is 16.4 Å². The molecule has 0 saturated carbocycles. The highest BCUT2D eigenvalue weighted by atomic mass is 32.2. The maximum absolute atomic E-state index is 13.5. The van der Waals surface area contributed by atoms with Crippen LogP contribution in [0.1, 0.15) is 46.6 Å². The van der Waals surface area contributed by atoms with Gasteiger partial charge in [-0.1, -0.05) is 83.1 Å². The Hall–Kier alpha value is -2.75. The number of hydrogen-bond donors (Lipinski definition) is 3. The van der Waals surface area contributed by atoms with Gasteiger partial charge in [0.25, 0.3) is 0 Å². The Bertz CT molecular complexity index is 1120. The molecule has 0 radical (unpaired) electrons. The maximum atomic E-state index is 13.5. The van der Waals surface area contributed by atoms with Crippen molar-refractivity contribution in [3.63, 3.8) is 0 Å². The number of nitrogens with two attached hydrogens (primary N) is 1. The van der Waals surface area contributed by atoms with Gasteiger partial charge in [-0.15, -0.1) is 0 Å². The zero-order chi connectivity index (χ0) is 27.8. The number of carbonyl (C=O) groups is 2. The first kappa shape index (κ1) is 30.5. The minimum atomic E-state index is -3.88. The number of amides is 2. The van der Waals surface area contributed by atoms with E-state index < -0.39 is 45.3 Å². The predicted molar refractivity (Wildman–Crippen MR) is 145 cm³/mol. The molecule has 0 heterocycles. The Kier molecular flexibility index (Phi) is 10.8. The quantitative estimate of drug-likeness (QED) is 0.345. The van der Waals surface area contributed by atoms with Crippen molar-refractivity contribution in [3.05, 3.63) is 66.2 Å². The molecule has 204 valence electrons. The van der Waals surface area contributed by atoms with Crippen LogP contribution >= 0.6 is 0 Å². The summed E-state index contributed by atoms with van der Waals surface area (Å²) >= 11 is 0. The highest BCUT2D eigenvalue weighted by molar-refractivity contribution is 7.89. The highest BCUT2D eigenvalue weighted by Crippen LogP contribution is 2.27. The molecule has 2 aromatic carbocycles. The topological polar surface area (TPSA) is 130 Å². The molecule has 0 spiro atoms. The Morgan fingerprint density at radius 2 is 1.54 bits per heavy atom. The standard InChI is InChI=1S/C28H41N3O5S/c1-20(2)16-17-31(37(35,36)23-14-10-7-11-15-23)19-25(32)24(18-22-12-8-6-9-13-22)30-26(33)21(3)28(4,5)27(29)34/h6-15,20-21,24-25,32H,16-19H2,1-5H3,(H2,29,34)(H,30,33). The Balaban J connectivity index is 2.35. The van der Waals surface area contributed by atoms with E-state index in [-0.39, 0.29) is 30.3 Å². The van der Waals surface area contributed by atoms with Crippen molar-refractivity contribution in [2.75, 3.05) is 13.1 Å². The lowest BCUT2D eigenvalue weighted by Crippen LogP contribution is -2.54. The van der Waals surface area contributed by atoms with Crippen molar-refractivity contribution in [3.8, 4) is 0 Å². The van der Waals surface area contributed by atoms with Gasteiger partial charge in [-0.2, -0.15) is 4.31 Å². The molecule has 9 heteroatoms. The first-order chi connectivity index (χ1) is 17.3. The average molecular weight is 532 g/mol. The summed E-state index contributed by atoms with van der Waals surface area (Å²) in [6.07, 6.45) is -0.321. The SMILES string of the molecule is CC(C)CCN(CC(O)C(Cc1ccccc1)NC(=O)C(C)C(C)(C)C(N)=O)S(=O)(=O)c1ccccc1. The summed E-state index contributed by atoms with van der Waals surface area (Å²) < 4.78 is 28.2. The number of primary amides is 1. The van der Waals surface area contributed by atoms with Gasteiger partial charge in [0.2, 0.25) is 21.8 Å². The molecule has 4 N–H and O–H groups in total. The van der Waals surface area contributed by atoms with E-state index in [4.69, 9.17) is 5.73 Å². The number of carbonyl (C=O) groups excluding carboxylic acids is 2. The monoisotopic (exact) mass is 531 g/mol. The Morgan fingerprint density at radius 3 is 2.05 bits per heavy atom. The maximum Gasteiger partial charge on any atom is 0.243 e. The van der Waals surface area contributed by atoms with E-state index in [0.717, 1.165) is 5.56 Å². The minimum Gasteiger partial charge on any atom is -0.390 e. The normalized spacial score (nSPS) is 14.8. The van der Waals surface area contributed by atoms with Crippen LogP contribution in [0.5, 0.6) is 0 Å². The smallest absolute Gasteiger partial charge is 0.243 e. The number of nitrogens with one attached hydrogen (secondary N) is 1. The van der Waals surface area contributed by atoms with Gasteiger partial charge >= 0.3 is 0 Å². The number of nitrogens with zero attached hydrogens (tertiary/aromatic N) is 1. The van der Waals surface area contributed by atoms with Crippen LogP contribution in [-0.4, -0.2) is 54.9 Å². The van der Waals surface area contributed by atoms with Crippen molar-refractivity contribution in [1.29, 1.82) is 0 Å². The van der Waals surface area contributed by atoms with Crippen molar-refractivity contribution in [2.45, 2.75) is 64.5 Å². The third-order valence-corrected chi connectivity index (χ3v) is 8.81. The second kappa shape index (κ2) is 13.2. The van der Waals surface area contributed by atoms with Crippen molar-refractivity contribution < 1.29 is 23.1 Å². The fourth-order valence-corrected chi connectivity index (χ4v) is 5.28. The van der Waals surface area contributed by atoms with Crippen molar-refractivity contribution in [1.82, 2.24) is 9.62 Å². The second-order valence-corrected chi connectivity index (χ2v) is 12.5. The van der Waals surface area contributed by atoms with Gasteiger partial charge in [0.1, 0.15) is 0 Å². The van der Waals surface area contributed by atoms with E-state index in [9.17, 15) is 23.1 Å². The van der Waals surface area contributed by atoms with Gasteiger partial charge in [-0.25, -0.2) is 8.42 Å². The van der Waals surface area contributed by atoms with Gasteiger partial charge in [-0.05, 0) is 36.5 Å². The first-order valence-corrected chi connectivity index (χ1v) is 14.1. The Morgan fingerprint density at radius 1 is 1.00 bits per heavy atom. The van der Waals surface area contributed by atoms with Gasteiger partial charge < -0.3 is 16.2 Å². The lowest BCUT2D eigenvalue weighted by atomic mass is 9.78. The fourth-order valence-electron chi connectivity index (χ4n) is 3.79. The lowest BCUT2D eigenvalue weighted by Gasteiger charge is -2.33. The average Bonchev–Trinajstić information content (AvgIpc) is 2.86. The van der Waals surface area contributed by atoms with Gasteiger partial charge in [0, 0.05) is 19.0 Å². The third kappa shape index (κ3) is 8.38. The predicted octanol–water partition coefficient (Wildman–Crippen LogP) is 2.96. The number of aliphatic hydroxyl groups excluding tert-OH is 1. The number of hydrogen-bond acceptors (Lipinski definition) is 5. The zero-order valence-electron chi connectivity index (χ0n) is 22.4. The lowest BCUT2D eigenvalue weighted by molar-refractivity contribution is -0.138. The van der Waals surface area contributed by atoms with E-state index in [1.807, 2.05) is 44.2 Å². The third-order valence-electron chi connectivity index (χ3n) is 6.93. The minimum absolute atomic E-state index is 0.145. The van der Waals surface area contributed by atoms with Crippen LogP contribution in [0.25, 0.3) is 0 Å². The summed E-state index contributed by atoms with van der Waals surface area (Å²) in [5.41, 5.74) is 5.27. The van der Waals surface area contributed by atoms with Gasteiger partial charge in [0.15, 0.2) is 0 Å². The van der Waals surface area contributed by atoms with Crippen LogP contribution in [0.3, 0.4) is 0 Å². The summed E-state index contributed by atoms with van der Waals surface area (Å²) in [5.74, 6) is -1.56. The molecule has 2 aromatic rings. The summed E-state index contributed by atoms with van der Waals surface area (Å²) in [6.45, 7) is 8.85. The van der Waals surface area contributed by atoms with Crippen LogP contribution in [0.2, 0.25) is 0 Å². The number of aliphatic hydroxyl groups is 1. The summed E-state index contributed by atoms with van der Waals surface area (Å²) in [7, 11) is -3.88.